The Morgan fingerprint density at radius 1 is 1.17 bits per heavy atom. The number of likely N-dealkylation sites (tertiary alicyclic amines) is 1. The molecule has 2 aliphatic rings. The van der Waals surface area contributed by atoms with Crippen LogP contribution in [-0.2, 0) is 9.59 Å². The minimum absolute atomic E-state index is 0.0470. The highest BCUT2D eigenvalue weighted by atomic mass is 16.5. The number of aliphatic hydroxyl groups is 1. The molecule has 4 rings (SSSR count). The van der Waals surface area contributed by atoms with Crippen molar-refractivity contribution in [2.24, 2.45) is 0 Å². The third-order valence-electron chi connectivity index (χ3n) is 6.58. The summed E-state index contributed by atoms with van der Waals surface area (Å²) in [5.74, 6) is 0.0909. The van der Waals surface area contributed by atoms with E-state index in [1.807, 2.05) is 13.0 Å². The SMILES string of the molecule is CCCOc1ccc(C2C(C(=O)/C=C/c3ccco3)=C(O)C(=O)N2CCN2CCCCC2)cc1OC. The summed E-state index contributed by atoms with van der Waals surface area (Å²) in [6, 6.07) is 8.08. The van der Waals surface area contributed by atoms with Gasteiger partial charge in [-0.1, -0.05) is 19.4 Å². The number of ketones is 1. The van der Waals surface area contributed by atoms with Crippen molar-refractivity contribution in [1.82, 2.24) is 9.80 Å². The quantitative estimate of drug-likeness (QED) is 0.459. The fourth-order valence-electron chi connectivity index (χ4n) is 4.73. The zero-order valence-corrected chi connectivity index (χ0v) is 20.9. The average Bonchev–Trinajstić information content (AvgIpc) is 3.52. The van der Waals surface area contributed by atoms with Gasteiger partial charge in [0, 0.05) is 13.1 Å². The molecule has 2 aliphatic heterocycles. The van der Waals surface area contributed by atoms with Crippen LogP contribution in [-0.4, -0.2) is 66.5 Å². The molecule has 0 aliphatic carbocycles. The minimum Gasteiger partial charge on any atom is -0.503 e. The molecule has 1 atom stereocenters. The Kier molecular flexibility index (Phi) is 8.48. The van der Waals surface area contributed by atoms with E-state index in [4.69, 9.17) is 13.9 Å². The Morgan fingerprint density at radius 2 is 1.97 bits per heavy atom. The molecule has 1 N–H and O–H groups in total. The molecular formula is C28H34N2O6. The normalized spacial score (nSPS) is 18.9. The molecule has 0 spiro atoms. The zero-order valence-electron chi connectivity index (χ0n) is 20.9. The number of carbonyl (C=O) groups excluding carboxylic acids is 2. The van der Waals surface area contributed by atoms with Crippen LogP contribution in [0.1, 0.15) is 50.0 Å². The predicted molar refractivity (Wildman–Crippen MR) is 136 cm³/mol. The van der Waals surface area contributed by atoms with E-state index in [0.29, 0.717) is 42.5 Å². The summed E-state index contributed by atoms with van der Waals surface area (Å²) in [6.07, 6.45) is 8.72. The van der Waals surface area contributed by atoms with Crippen molar-refractivity contribution < 1.29 is 28.6 Å². The molecule has 0 bridgehead atoms. The van der Waals surface area contributed by atoms with Crippen LogP contribution in [0, 0.1) is 0 Å². The lowest BCUT2D eigenvalue weighted by Crippen LogP contribution is -2.40. The van der Waals surface area contributed by atoms with Crippen molar-refractivity contribution in [1.29, 1.82) is 0 Å². The van der Waals surface area contributed by atoms with Gasteiger partial charge in [-0.15, -0.1) is 0 Å². The maximum absolute atomic E-state index is 13.3. The fraction of sp³-hybridized carbons (Fsp3) is 0.429. The van der Waals surface area contributed by atoms with E-state index in [1.54, 1.807) is 36.3 Å². The zero-order chi connectivity index (χ0) is 25.5. The van der Waals surface area contributed by atoms with Crippen LogP contribution >= 0.6 is 0 Å². The van der Waals surface area contributed by atoms with Crippen LogP contribution in [0.25, 0.3) is 6.08 Å². The largest absolute Gasteiger partial charge is 0.503 e. The summed E-state index contributed by atoms with van der Waals surface area (Å²) in [6.45, 7) is 5.60. The Hall–Kier alpha value is -3.52. The highest BCUT2D eigenvalue weighted by molar-refractivity contribution is 6.14. The van der Waals surface area contributed by atoms with E-state index in [0.717, 1.165) is 32.4 Å². The first-order valence-electron chi connectivity index (χ1n) is 12.6. The molecule has 1 saturated heterocycles. The van der Waals surface area contributed by atoms with E-state index in [-0.39, 0.29) is 5.57 Å². The van der Waals surface area contributed by atoms with Crippen LogP contribution in [0.5, 0.6) is 11.5 Å². The van der Waals surface area contributed by atoms with E-state index in [9.17, 15) is 14.7 Å². The van der Waals surface area contributed by atoms with E-state index >= 15 is 0 Å². The van der Waals surface area contributed by atoms with Crippen LogP contribution in [0.4, 0.5) is 0 Å². The molecule has 3 heterocycles. The Bertz CT molecular complexity index is 1120. The monoisotopic (exact) mass is 494 g/mol. The van der Waals surface area contributed by atoms with Gasteiger partial charge in [0.25, 0.3) is 5.91 Å². The number of nitrogens with zero attached hydrogens (tertiary/aromatic N) is 2. The lowest BCUT2D eigenvalue weighted by atomic mass is 9.95. The summed E-state index contributed by atoms with van der Waals surface area (Å²) in [5.41, 5.74) is 0.715. The molecule has 1 amide bonds. The van der Waals surface area contributed by atoms with Gasteiger partial charge in [0.05, 0.1) is 31.6 Å². The second-order valence-electron chi connectivity index (χ2n) is 9.04. The Morgan fingerprint density at radius 3 is 2.67 bits per heavy atom. The number of hydrogen-bond acceptors (Lipinski definition) is 7. The number of rotatable bonds is 11. The van der Waals surface area contributed by atoms with Crippen LogP contribution in [0.2, 0.25) is 0 Å². The van der Waals surface area contributed by atoms with E-state index in [2.05, 4.69) is 4.90 Å². The van der Waals surface area contributed by atoms with Crippen LogP contribution in [0.15, 0.2) is 58.4 Å². The maximum atomic E-state index is 13.3. The first-order chi connectivity index (χ1) is 17.5. The summed E-state index contributed by atoms with van der Waals surface area (Å²) >= 11 is 0. The van der Waals surface area contributed by atoms with Crippen molar-refractivity contribution in [3.8, 4) is 11.5 Å². The van der Waals surface area contributed by atoms with Crippen LogP contribution in [0.3, 0.4) is 0 Å². The van der Waals surface area contributed by atoms with Gasteiger partial charge in [0.15, 0.2) is 23.0 Å². The van der Waals surface area contributed by atoms with Crippen molar-refractivity contribution >= 4 is 17.8 Å². The van der Waals surface area contributed by atoms with Gasteiger partial charge < -0.3 is 28.8 Å². The van der Waals surface area contributed by atoms with Gasteiger partial charge in [0.2, 0.25) is 0 Å². The van der Waals surface area contributed by atoms with Crippen molar-refractivity contribution in [2.75, 3.05) is 39.9 Å². The number of furan rings is 1. The molecule has 0 radical (unpaired) electrons. The van der Waals surface area contributed by atoms with E-state index in [1.165, 1.54) is 24.8 Å². The molecule has 1 unspecified atom stereocenters. The van der Waals surface area contributed by atoms with Gasteiger partial charge in [-0.05, 0) is 74.3 Å². The summed E-state index contributed by atoms with van der Waals surface area (Å²) in [4.78, 5) is 30.4. The number of hydrogen-bond donors (Lipinski definition) is 1. The molecule has 36 heavy (non-hydrogen) atoms. The van der Waals surface area contributed by atoms with Gasteiger partial charge in [0.1, 0.15) is 5.76 Å². The Balaban J connectivity index is 1.66. The first-order valence-corrected chi connectivity index (χ1v) is 12.6. The molecule has 1 aromatic heterocycles. The van der Waals surface area contributed by atoms with Gasteiger partial charge in [-0.25, -0.2) is 0 Å². The third kappa shape index (κ3) is 5.65. The molecule has 192 valence electrons. The van der Waals surface area contributed by atoms with Gasteiger partial charge in [-0.2, -0.15) is 0 Å². The molecule has 0 saturated carbocycles. The lowest BCUT2D eigenvalue weighted by Gasteiger charge is -2.31. The molecule has 2 aromatic rings. The smallest absolute Gasteiger partial charge is 0.290 e. The average molecular weight is 495 g/mol. The molecule has 1 aromatic carbocycles. The van der Waals surface area contributed by atoms with Crippen molar-refractivity contribution in [3.05, 3.63) is 65.3 Å². The topological polar surface area (TPSA) is 92.5 Å². The second-order valence-corrected chi connectivity index (χ2v) is 9.04. The van der Waals surface area contributed by atoms with Crippen LogP contribution < -0.4 is 9.47 Å². The predicted octanol–water partition coefficient (Wildman–Crippen LogP) is 4.54. The first kappa shape index (κ1) is 25.6. The third-order valence-corrected chi connectivity index (χ3v) is 6.58. The van der Waals surface area contributed by atoms with Crippen molar-refractivity contribution in [2.45, 2.75) is 38.6 Å². The van der Waals surface area contributed by atoms with Gasteiger partial charge >= 0.3 is 0 Å². The molecule has 1 fully saturated rings. The number of allylic oxidation sites excluding steroid dienone is 1. The minimum atomic E-state index is -0.745. The number of carbonyl (C=O) groups is 2. The van der Waals surface area contributed by atoms with Crippen molar-refractivity contribution in [3.63, 3.8) is 0 Å². The summed E-state index contributed by atoms with van der Waals surface area (Å²) in [7, 11) is 1.55. The lowest BCUT2D eigenvalue weighted by molar-refractivity contribution is -0.129. The molecular weight excluding hydrogens is 460 g/mol. The highest BCUT2D eigenvalue weighted by Gasteiger charge is 2.43. The standard InChI is InChI=1S/C28H34N2O6/c1-3-17-36-23-12-9-20(19-24(23)34-2)26-25(22(31)11-10-21-8-7-18-35-21)27(32)28(33)30(26)16-15-29-13-5-4-6-14-29/h7-12,18-19,26,32H,3-6,13-17H2,1-2H3/b11-10+. The highest BCUT2D eigenvalue weighted by Crippen LogP contribution is 2.41. The van der Waals surface area contributed by atoms with Gasteiger partial charge in [-0.3, -0.25) is 9.59 Å². The fourth-order valence-corrected chi connectivity index (χ4v) is 4.73. The van der Waals surface area contributed by atoms with E-state index < -0.39 is 23.5 Å². The number of piperidine rings is 1. The number of amides is 1. The number of benzene rings is 1. The summed E-state index contributed by atoms with van der Waals surface area (Å²) < 4.78 is 16.6. The molecule has 8 nitrogen and oxygen atoms in total. The second kappa shape index (κ2) is 11.9. The Labute approximate surface area is 211 Å². The molecule has 8 heteroatoms. The number of aliphatic hydroxyl groups excluding tert-OH is 1. The maximum Gasteiger partial charge on any atom is 0.290 e. The number of methoxy groups -OCH3 is 1. The number of ether oxygens (including phenoxy) is 2. The summed E-state index contributed by atoms with van der Waals surface area (Å²) in [5, 5.41) is 10.9.